The maximum Gasteiger partial charge on any atom is 0.329 e. The molecule has 150 valence electrons. The summed E-state index contributed by atoms with van der Waals surface area (Å²) < 4.78 is 34.0. The Labute approximate surface area is 164 Å². The molecule has 0 spiro atoms. The predicted octanol–water partition coefficient (Wildman–Crippen LogP) is 1.22. The molecule has 8 nitrogen and oxygen atoms in total. The van der Waals surface area contributed by atoms with Gasteiger partial charge in [-0.05, 0) is 38.3 Å². The van der Waals surface area contributed by atoms with Gasteiger partial charge >= 0.3 is 5.97 Å². The molecule has 2 aliphatic rings. The van der Waals surface area contributed by atoms with Crippen LogP contribution >= 0.6 is 0 Å². The number of nitrogens with one attached hydrogen (secondary N) is 1. The molecule has 1 amide bonds. The maximum absolute atomic E-state index is 12.8. The maximum atomic E-state index is 12.8. The van der Waals surface area contributed by atoms with Crippen LogP contribution in [0, 0.1) is 0 Å². The highest BCUT2D eigenvalue weighted by Crippen LogP contribution is 2.31. The highest BCUT2D eigenvalue weighted by molar-refractivity contribution is 7.90. The van der Waals surface area contributed by atoms with E-state index in [1.165, 1.54) is 19.1 Å². The van der Waals surface area contributed by atoms with Gasteiger partial charge in [-0.15, -0.1) is 11.0 Å². The van der Waals surface area contributed by atoms with Crippen LogP contribution in [0.3, 0.4) is 0 Å². The van der Waals surface area contributed by atoms with E-state index in [1.807, 2.05) is 0 Å². The number of ether oxygens (including phenoxy) is 1. The van der Waals surface area contributed by atoms with E-state index in [2.05, 4.69) is 16.3 Å². The molecule has 0 unspecified atom stereocenters. The SMILES string of the molecule is C=CCNC(=O)[C@H](C)OC(=O)[C@H]1CCCCN1C1=NS(=O)(=O)c2ccccc21. The Morgan fingerprint density at radius 1 is 1.39 bits per heavy atom. The molecule has 1 aromatic rings. The molecule has 2 atom stereocenters. The molecular formula is C19H23N3O5S. The first kappa shape index (κ1) is 20.1. The Morgan fingerprint density at radius 2 is 2.14 bits per heavy atom. The molecule has 3 rings (SSSR count). The second kappa shape index (κ2) is 8.14. The van der Waals surface area contributed by atoms with Crippen molar-refractivity contribution < 1.29 is 22.7 Å². The minimum Gasteiger partial charge on any atom is -0.451 e. The molecule has 1 fully saturated rings. The summed E-state index contributed by atoms with van der Waals surface area (Å²) in [7, 11) is -3.78. The van der Waals surface area contributed by atoms with E-state index >= 15 is 0 Å². The quantitative estimate of drug-likeness (QED) is 0.583. The Balaban J connectivity index is 1.81. The lowest BCUT2D eigenvalue weighted by atomic mass is 10.0. The molecule has 1 saturated heterocycles. The van der Waals surface area contributed by atoms with Crippen molar-refractivity contribution in [1.82, 2.24) is 10.2 Å². The van der Waals surface area contributed by atoms with Crippen molar-refractivity contribution in [3.63, 3.8) is 0 Å². The highest BCUT2D eigenvalue weighted by Gasteiger charge is 2.39. The van der Waals surface area contributed by atoms with Gasteiger partial charge in [0, 0.05) is 18.7 Å². The summed E-state index contributed by atoms with van der Waals surface area (Å²) in [5.74, 6) is -0.715. The summed E-state index contributed by atoms with van der Waals surface area (Å²) >= 11 is 0. The molecule has 1 aromatic carbocycles. The van der Waals surface area contributed by atoms with Gasteiger partial charge in [0.1, 0.15) is 10.9 Å². The zero-order valence-corrected chi connectivity index (χ0v) is 16.4. The summed E-state index contributed by atoms with van der Waals surface area (Å²) in [4.78, 5) is 26.5. The molecule has 0 aromatic heterocycles. The summed E-state index contributed by atoms with van der Waals surface area (Å²) in [6.07, 6.45) is 2.68. The van der Waals surface area contributed by atoms with Crippen molar-refractivity contribution in [2.45, 2.75) is 43.2 Å². The van der Waals surface area contributed by atoms with Crippen molar-refractivity contribution in [3.8, 4) is 0 Å². The number of sulfonamides is 1. The first-order chi connectivity index (χ1) is 13.3. The number of rotatable bonds is 5. The van der Waals surface area contributed by atoms with Crippen LogP contribution in [0.5, 0.6) is 0 Å². The number of benzene rings is 1. The van der Waals surface area contributed by atoms with Crippen molar-refractivity contribution in [2.75, 3.05) is 13.1 Å². The van der Waals surface area contributed by atoms with Crippen LogP contribution in [-0.2, 0) is 24.3 Å². The molecule has 0 aliphatic carbocycles. The van der Waals surface area contributed by atoms with Crippen molar-refractivity contribution in [3.05, 3.63) is 42.5 Å². The third-order valence-electron chi connectivity index (χ3n) is 4.74. The zero-order valence-electron chi connectivity index (χ0n) is 15.6. The van der Waals surface area contributed by atoms with Crippen LogP contribution in [-0.4, -0.2) is 56.3 Å². The smallest absolute Gasteiger partial charge is 0.329 e. The molecule has 9 heteroatoms. The Morgan fingerprint density at radius 3 is 2.89 bits per heavy atom. The van der Waals surface area contributed by atoms with E-state index in [4.69, 9.17) is 4.74 Å². The van der Waals surface area contributed by atoms with Crippen LogP contribution in [0.4, 0.5) is 0 Å². The second-order valence-electron chi connectivity index (χ2n) is 6.70. The summed E-state index contributed by atoms with van der Waals surface area (Å²) in [6.45, 7) is 5.78. The number of fused-ring (bicyclic) bond motifs is 1. The zero-order chi connectivity index (χ0) is 20.3. The average molecular weight is 405 g/mol. The number of hydrogen-bond acceptors (Lipinski definition) is 6. The topological polar surface area (TPSA) is 105 Å². The second-order valence-corrected chi connectivity index (χ2v) is 8.28. The fourth-order valence-electron chi connectivity index (χ4n) is 3.35. The van der Waals surface area contributed by atoms with Crippen LogP contribution in [0.2, 0.25) is 0 Å². The predicted molar refractivity (Wildman–Crippen MR) is 103 cm³/mol. The van der Waals surface area contributed by atoms with Crippen LogP contribution in [0.1, 0.15) is 31.7 Å². The third kappa shape index (κ3) is 3.94. The first-order valence-corrected chi connectivity index (χ1v) is 10.6. The normalized spacial score (nSPS) is 21.2. The summed E-state index contributed by atoms with van der Waals surface area (Å²) in [5, 5.41) is 2.58. The number of amides is 1. The minimum absolute atomic E-state index is 0.139. The molecule has 0 bridgehead atoms. The standard InChI is InChI=1S/C19H23N3O5S/c1-3-11-20-18(23)13(2)27-19(24)15-9-6-7-12-22(15)17-14-8-4-5-10-16(14)28(25,26)21-17/h3-5,8,10,13,15H,1,6-7,9,11-12H2,2H3,(H,20,23)/t13-,15+/m0/s1. The Kier molecular flexibility index (Phi) is 5.83. The van der Waals surface area contributed by atoms with Gasteiger partial charge in [0.2, 0.25) is 0 Å². The number of nitrogens with zero attached hydrogens (tertiary/aromatic N) is 2. The summed E-state index contributed by atoms with van der Waals surface area (Å²) in [5.41, 5.74) is 0.485. The lowest BCUT2D eigenvalue weighted by molar-refractivity contribution is -0.159. The molecule has 0 radical (unpaired) electrons. The van der Waals surface area contributed by atoms with E-state index in [0.717, 1.165) is 12.8 Å². The van der Waals surface area contributed by atoms with Crippen molar-refractivity contribution in [2.24, 2.45) is 4.40 Å². The van der Waals surface area contributed by atoms with Crippen molar-refractivity contribution >= 4 is 27.7 Å². The van der Waals surface area contributed by atoms with Gasteiger partial charge in [-0.3, -0.25) is 4.79 Å². The van der Waals surface area contributed by atoms with Gasteiger partial charge in [0.15, 0.2) is 11.9 Å². The van der Waals surface area contributed by atoms with Gasteiger partial charge in [-0.2, -0.15) is 8.42 Å². The summed E-state index contributed by atoms with van der Waals surface area (Å²) in [6, 6.07) is 5.87. The molecular weight excluding hydrogens is 382 g/mol. The van der Waals surface area contributed by atoms with Gasteiger partial charge in [-0.25, -0.2) is 4.79 Å². The number of carbonyl (C=O) groups excluding carboxylic acids is 2. The number of carbonyl (C=O) groups is 2. The van der Waals surface area contributed by atoms with E-state index in [1.54, 1.807) is 23.1 Å². The van der Waals surface area contributed by atoms with E-state index in [9.17, 15) is 18.0 Å². The van der Waals surface area contributed by atoms with E-state index < -0.39 is 34.0 Å². The van der Waals surface area contributed by atoms with Gasteiger partial charge < -0.3 is 15.0 Å². The number of likely N-dealkylation sites (tertiary alicyclic amines) is 1. The molecule has 2 aliphatic heterocycles. The third-order valence-corrected chi connectivity index (χ3v) is 6.07. The van der Waals surface area contributed by atoms with Crippen LogP contribution < -0.4 is 5.32 Å². The molecule has 1 N–H and O–H groups in total. The average Bonchev–Trinajstić information content (AvgIpc) is 2.97. The lowest BCUT2D eigenvalue weighted by Crippen LogP contribution is -2.50. The lowest BCUT2D eigenvalue weighted by Gasteiger charge is -2.35. The minimum atomic E-state index is -3.78. The Bertz CT molecular complexity index is 925. The fourth-order valence-corrected chi connectivity index (χ4v) is 4.57. The van der Waals surface area contributed by atoms with Crippen molar-refractivity contribution in [1.29, 1.82) is 0 Å². The number of esters is 1. The molecule has 28 heavy (non-hydrogen) atoms. The van der Waals surface area contributed by atoms with Crippen LogP contribution in [0.25, 0.3) is 0 Å². The Hall–Kier alpha value is -2.68. The number of piperidine rings is 1. The molecule has 0 saturated carbocycles. The first-order valence-electron chi connectivity index (χ1n) is 9.15. The number of hydrogen-bond donors (Lipinski definition) is 1. The van der Waals surface area contributed by atoms with Crippen LogP contribution in [0.15, 0.2) is 46.2 Å². The molecule has 2 heterocycles. The largest absolute Gasteiger partial charge is 0.451 e. The van der Waals surface area contributed by atoms with E-state index in [0.29, 0.717) is 18.5 Å². The fraction of sp³-hybridized carbons (Fsp3) is 0.421. The highest BCUT2D eigenvalue weighted by atomic mass is 32.2. The number of amidine groups is 1. The monoisotopic (exact) mass is 405 g/mol. The van der Waals surface area contributed by atoms with E-state index in [-0.39, 0.29) is 17.3 Å². The van der Waals surface area contributed by atoms with Gasteiger partial charge in [0.05, 0.1) is 0 Å². The van der Waals surface area contributed by atoms with Gasteiger partial charge in [-0.1, -0.05) is 18.2 Å². The van der Waals surface area contributed by atoms with Gasteiger partial charge in [0.25, 0.3) is 15.9 Å².